The lowest BCUT2D eigenvalue weighted by Crippen LogP contribution is -2.53. The molecule has 1 aromatic carbocycles. The highest BCUT2D eigenvalue weighted by atomic mass is 16.4. The normalized spacial score (nSPS) is 18.1. The highest BCUT2D eigenvalue weighted by molar-refractivity contribution is 5.87. The Labute approximate surface area is 121 Å². The maximum absolute atomic E-state index is 10.8. The van der Waals surface area contributed by atoms with Gasteiger partial charge in [-0.15, -0.1) is 0 Å². The van der Waals surface area contributed by atoms with Crippen LogP contribution < -0.4 is 0 Å². The Morgan fingerprint density at radius 2 is 1.65 bits per heavy atom. The van der Waals surface area contributed by atoms with Crippen molar-refractivity contribution < 1.29 is 9.90 Å². The van der Waals surface area contributed by atoms with E-state index in [9.17, 15) is 4.79 Å². The summed E-state index contributed by atoms with van der Waals surface area (Å²) in [6.45, 7) is 12.0. The lowest BCUT2D eigenvalue weighted by molar-refractivity contribution is 0.0591. The van der Waals surface area contributed by atoms with Crippen LogP contribution in [0, 0.1) is 0 Å². The van der Waals surface area contributed by atoms with Crippen LogP contribution in [0.4, 0.5) is 0 Å². The molecule has 0 spiro atoms. The Morgan fingerprint density at radius 1 is 1.10 bits per heavy atom. The molecule has 0 unspecified atom stereocenters. The number of hydrogen-bond acceptors (Lipinski definition) is 3. The Morgan fingerprint density at radius 3 is 2.10 bits per heavy atom. The molecule has 0 saturated carbocycles. The minimum absolute atomic E-state index is 0.245. The van der Waals surface area contributed by atoms with Gasteiger partial charge in [0, 0.05) is 38.3 Å². The summed E-state index contributed by atoms with van der Waals surface area (Å²) in [5.74, 6) is -0.865. The average molecular weight is 276 g/mol. The van der Waals surface area contributed by atoms with Crippen LogP contribution in [0.15, 0.2) is 24.3 Å². The molecule has 0 amide bonds. The monoisotopic (exact) mass is 276 g/mol. The third kappa shape index (κ3) is 3.81. The molecule has 4 nitrogen and oxygen atoms in total. The smallest absolute Gasteiger partial charge is 0.335 e. The lowest BCUT2D eigenvalue weighted by Gasteiger charge is -2.42. The number of carbonyl (C=O) groups is 1. The fourth-order valence-corrected chi connectivity index (χ4v) is 2.59. The molecule has 20 heavy (non-hydrogen) atoms. The topological polar surface area (TPSA) is 43.8 Å². The van der Waals surface area contributed by atoms with E-state index >= 15 is 0 Å². The number of carboxylic acids is 1. The Kier molecular flexibility index (Phi) is 4.45. The van der Waals surface area contributed by atoms with Gasteiger partial charge in [0.2, 0.25) is 0 Å². The van der Waals surface area contributed by atoms with Gasteiger partial charge in [-0.05, 0) is 38.5 Å². The Bertz CT molecular complexity index is 454. The molecule has 1 saturated heterocycles. The van der Waals surface area contributed by atoms with Gasteiger partial charge in [-0.25, -0.2) is 4.79 Å². The third-order valence-corrected chi connectivity index (χ3v) is 3.93. The van der Waals surface area contributed by atoms with E-state index in [-0.39, 0.29) is 5.54 Å². The van der Waals surface area contributed by atoms with Gasteiger partial charge in [-0.3, -0.25) is 9.80 Å². The SMILES string of the molecule is CC(C)(C)N1CCN(Cc2ccc(C(=O)O)cc2)CC1. The van der Waals surface area contributed by atoms with Crippen LogP contribution in [0.5, 0.6) is 0 Å². The molecule has 0 atom stereocenters. The molecule has 1 heterocycles. The second kappa shape index (κ2) is 5.94. The van der Waals surface area contributed by atoms with Crippen molar-refractivity contribution in [3.8, 4) is 0 Å². The van der Waals surface area contributed by atoms with Crippen molar-refractivity contribution in [1.29, 1.82) is 0 Å². The van der Waals surface area contributed by atoms with E-state index in [0.717, 1.165) is 32.7 Å². The van der Waals surface area contributed by atoms with E-state index in [1.165, 1.54) is 5.56 Å². The number of benzene rings is 1. The van der Waals surface area contributed by atoms with Gasteiger partial charge in [0.25, 0.3) is 0 Å². The second-order valence-electron chi connectivity index (χ2n) is 6.44. The molecule has 1 N–H and O–H groups in total. The lowest BCUT2D eigenvalue weighted by atomic mass is 10.0. The maximum atomic E-state index is 10.8. The summed E-state index contributed by atoms with van der Waals surface area (Å²) < 4.78 is 0. The van der Waals surface area contributed by atoms with Crippen molar-refractivity contribution in [2.24, 2.45) is 0 Å². The predicted molar refractivity (Wildman–Crippen MR) is 80.0 cm³/mol. The average Bonchev–Trinajstić information content (AvgIpc) is 2.39. The number of hydrogen-bond donors (Lipinski definition) is 1. The summed E-state index contributed by atoms with van der Waals surface area (Å²) in [7, 11) is 0. The molecule has 1 fully saturated rings. The van der Waals surface area contributed by atoms with Gasteiger partial charge >= 0.3 is 5.97 Å². The van der Waals surface area contributed by atoms with Crippen LogP contribution in [0.3, 0.4) is 0 Å². The summed E-state index contributed by atoms with van der Waals surface area (Å²) in [5, 5.41) is 8.89. The predicted octanol–water partition coefficient (Wildman–Crippen LogP) is 2.30. The van der Waals surface area contributed by atoms with Crippen molar-refractivity contribution in [3.05, 3.63) is 35.4 Å². The first kappa shape index (κ1) is 15.0. The zero-order valence-electron chi connectivity index (χ0n) is 12.6. The summed E-state index contributed by atoms with van der Waals surface area (Å²) >= 11 is 0. The fourth-order valence-electron chi connectivity index (χ4n) is 2.59. The third-order valence-electron chi connectivity index (χ3n) is 3.93. The van der Waals surface area contributed by atoms with E-state index in [0.29, 0.717) is 5.56 Å². The Hall–Kier alpha value is -1.39. The molecular formula is C16H24N2O2. The molecule has 2 rings (SSSR count). The number of nitrogens with zero attached hydrogens (tertiary/aromatic N) is 2. The van der Waals surface area contributed by atoms with Crippen LogP contribution in [0.25, 0.3) is 0 Å². The second-order valence-corrected chi connectivity index (χ2v) is 6.44. The highest BCUT2D eigenvalue weighted by Crippen LogP contribution is 2.17. The van der Waals surface area contributed by atoms with Crippen LogP contribution in [0.1, 0.15) is 36.7 Å². The summed E-state index contributed by atoms with van der Waals surface area (Å²) in [4.78, 5) is 15.8. The Balaban J connectivity index is 1.88. The molecule has 1 aromatic rings. The van der Waals surface area contributed by atoms with Crippen molar-refractivity contribution in [2.75, 3.05) is 26.2 Å². The van der Waals surface area contributed by atoms with Gasteiger partial charge in [0.15, 0.2) is 0 Å². The van der Waals surface area contributed by atoms with Gasteiger partial charge < -0.3 is 5.11 Å². The zero-order chi connectivity index (χ0) is 14.8. The van der Waals surface area contributed by atoms with Crippen LogP contribution in [-0.4, -0.2) is 52.6 Å². The summed E-state index contributed by atoms with van der Waals surface area (Å²) in [6, 6.07) is 7.20. The molecular weight excluding hydrogens is 252 g/mol. The maximum Gasteiger partial charge on any atom is 0.335 e. The molecule has 0 aromatic heterocycles. The molecule has 1 aliphatic rings. The molecule has 0 radical (unpaired) electrons. The molecule has 1 aliphatic heterocycles. The highest BCUT2D eigenvalue weighted by Gasteiger charge is 2.25. The molecule has 4 heteroatoms. The van der Waals surface area contributed by atoms with Crippen LogP contribution >= 0.6 is 0 Å². The van der Waals surface area contributed by atoms with E-state index in [1.807, 2.05) is 12.1 Å². The van der Waals surface area contributed by atoms with E-state index in [2.05, 4.69) is 30.6 Å². The van der Waals surface area contributed by atoms with Gasteiger partial charge in [-0.1, -0.05) is 12.1 Å². The van der Waals surface area contributed by atoms with Gasteiger partial charge in [0.1, 0.15) is 0 Å². The first-order valence-electron chi connectivity index (χ1n) is 7.16. The first-order valence-corrected chi connectivity index (χ1v) is 7.16. The van der Waals surface area contributed by atoms with Crippen molar-refractivity contribution in [3.63, 3.8) is 0 Å². The zero-order valence-corrected chi connectivity index (χ0v) is 12.6. The van der Waals surface area contributed by atoms with E-state index in [4.69, 9.17) is 5.11 Å². The number of rotatable bonds is 3. The number of piperazine rings is 1. The number of aromatic carboxylic acids is 1. The van der Waals surface area contributed by atoms with Gasteiger partial charge in [-0.2, -0.15) is 0 Å². The number of carboxylic acid groups (broad SMARTS) is 1. The van der Waals surface area contributed by atoms with E-state index < -0.39 is 5.97 Å². The minimum Gasteiger partial charge on any atom is -0.478 e. The van der Waals surface area contributed by atoms with Crippen molar-refractivity contribution in [1.82, 2.24) is 9.80 Å². The van der Waals surface area contributed by atoms with Crippen molar-refractivity contribution >= 4 is 5.97 Å². The quantitative estimate of drug-likeness (QED) is 0.920. The van der Waals surface area contributed by atoms with Gasteiger partial charge in [0.05, 0.1) is 5.56 Å². The first-order chi connectivity index (χ1) is 9.36. The molecule has 110 valence electrons. The largest absolute Gasteiger partial charge is 0.478 e. The minimum atomic E-state index is -0.865. The summed E-state index contributed by atoms with van der Waals surface area (Å²) in [5.41, 5.74) is 1.78. The van der Waals surface area contributed by atoms with Crippen LogP contribution in [-0.2, 0) is 6.54 Å². The fraction of sp³-hybridized carbons (Fsp3) is 0.562. The molecule has 0 aliphatic carbocycles. The summed E-state index contributed by atoms with van der Waals surface area (Å²) in [6.07, 6.45) is 0. The standard InChI is InChI=1S/C16H24N2O2/c1-16(2,3)18-10-8-17(9-11-18)12-13-4-6-14(7-5-13)15(19)20/h4-7H,8-12H2,1-3H3,(H,19,20). The van der Waals surface area contributed by atoms with E-state index in [1.54, 1.807) is 12.1 Å². The van der Waals surface area contributed by atoms with Crippen molar-refractivity contribution in [2.45, 2.75) is 32.9 Å². The molecule has 0 bridgehead atoms. The van der Waals surface area contributed by atoms with Crippen LogP contribution in [0.2, 0.25) is 0 Å².